The summed E-state index contributed by atoms with van der Waals surface area (Å²) in [6, 6.07) is 3.68. The molecule has 1 unspecified atom stereocenters. The smallest absolute Gasteiger partial charge is 0.270 e. The number of likely N-dealkylation sites (tertiary alicyclic amines) is 1. The first kappa shape index (κ1) is 15.1. The Kier molecular flexibility index (Phi) is 4.17. The Labute approximate surface area is 144 Å². The van der Waals surface area contributed by atoms with Crippen LogP contribution in [0.3, 0.4) is 0 Å². The summed E-state index contributed by atoms with van der Waals surface area (Å²) in [5, 5.41) is 2.06. The summed E-state index contributed by atoms with van der Waals surface area (Å²) >= 11 is 1.60. The van der Waals surface area contributed by atoms with E-state index >= 15 is 0 Å². The van der Waals surface area contributed by atoms with Crippen molar-refractivity contribution in [3.8, 4) is 0 Å². The molecule has 24 heavy (non-hydrogen) atoms. The van der Waals surface area contributed by atoms with Crippen LogP contribution in [0.15, 0.2) is 41.6 Å². The normalized spacial score (nSPS) is 18.0. The lowest BCUT2D eigenvalue weighted by Crippen LogP contribution is -2.40. The van der Waals surface area contributed by atoms with Gasteiger partial charge in [0.15, 0.2) is 0 Å². The minimum absolute atomic E-state index is 0.0716. The van der Waals surface area contributed by atoms with Crippen LogP contribution >= 0.6 is 11.3 Å². The highest BCUT2D eigenvalue weighted by atomic mass is 32.1. The zero-order chi connectivity index (χ0) is 16.4. The number of carbonyl (C=O) groups is 1. The van der Waals surface area contributed by atoms with E-state index in [1.54, 1.807) is 17.5 Å². The fraction of sp³-hybridized carbons (Fsp3) is 0.353. The molecular weight excluding hydrogens is 322 g/mol. The molecule has 0 aliphatic carbocycles. The lowest BCUT2D eigenvalue weighted by Gasteiger charge is -2.32. The van der Waals surface area contributed by atoms with Gasteiger partial charge < -0.3 is 14.5 Å². The monoisotopic (exact) mass is 341 g/mol. The van der Waals surface area contributed by atoms with Gasteiger partial charge in [0.1, 0.15) is 11.5 Å². The van der Waals surface area contributed by atoms with Crippen LogP contribution in [0.4, 0.5) is 0 Å². The summed E-state index contributed by atoms with van der Waals surface area (Å²) in [6.07, 6.45) is 7.69. The molecule has 1 amide bonds. The lowest BCUT2D eigenvalue weighted by molar-refractivity contribution is 0.0698. The number of imidazole rings is 1. The Hall–Kier alpha value is -2.41. The topological polar surface area (TPSA) is 66.8 Å². The molecule has 4 rings (SSSR count). The van der Waals surface area contributed by atoms with E-state index in [1.807, 2.05) is 34.9 Å². The third-order valence-corrected chi connectivity index (χ3v) is 5.10. The maximum Gasteiger partial charge on any atom is 0.270 e. The Morgan fingerprint density at radius 2 is 2.38 bits per heavy atom. The molecule has 0 saturated carbocycles. The van der Waals surface area contributed by atoms with Crippen LogP contribution in [0.25, 0.3) is 0 Å². The summed E-state index contributed by atoms with van der Waals surface area (Å²) in [4.78, 5) is 26.4. The number of hydrogen-bond acceptors (Lipinski definition) is 4. The van der Waals surface area contributed by atoms with E-state index in [-0.39, 0.29) is 11.8 Å². The highest BCUT2D eigenvalue weighted by molar-refractivity contribution is 7.07. The molecule has 3 aromatic rings. The molecule has 1 aliphatic heterocycles. The van der Waals surface area contributed by atoms with Gasteiger partial charge in [-0.1, -0.05) is 0 Å². The average molecular weight is 341 g/mol. The van der Waals surface area contributed by atoms with E-state index in [0.29, 0.717) is 12.2 Å². The van der Waals surface area contributed by atoms with Crippen LogP contribution in [0.5, 0.6) is 0 Å². The van der Waals surface area contributed by atoms with Gasteiger partial charge in [0.25, 0.3) is 5.91 Å². The molecular formula is C17H19N5OS. The summed E-state index contributed by atoms with van der Waals surface area (Å²) in [7, 11) is 0. The summed E-state index contributed by atoms with van der Waals surface area (Å²) in [5.74, 6) is 1.39. The molecule has 4 heterocycles. The quantitative estimate of drug-likeness (QED) is 0.793. The van der Waals surface area contributed by atoms with Crippen LogP contribution in [0.1, 0.15) is 40.8 Å². The predicted molar refractivity (Wildman–Crippen MR) is 92.1 cm³/mol. The van der Waals surface area contributed by atoms with E-state index < -0.39 is 0 Å². The molecule has 0 aromatic carbocycles. The number of aromatic amines is 1. The highest BCUT2D eigenvalue weighted by Crippen LogP contribution is 2.27. The first-order valence-electron chi connectivity index (χ1n) is 8.12. The first-order valence-corrected chi connectivity index (χ1v) is 9.06. The second-order valence-electron chi connectivity index (χ2n) is 6.07. The minimum atomic E-state index is 0.0716. The first-order chi connectivity index (χ1) is 11.8. The molecule has 0 bridgehead atoms. The van der Waals surface area contributed by atoms with Crippen LogP contribution < -0.4 is 0 Å². The maximum atomic E-state index is 12.6. The van der Waals surface area contributed by atoms with Crippen molar-refractivity contribution >= 4 is 17.2 Å². The van der Waals surface area contributed by atoms with Gasteiger partial charge in [-0.15, -0.1) is 11.3 Å². The molecule has 124 valence electrons. The Morgan fingerprint density at radius 1 is 1.42 bits per heavy atom. The largest absolute Gasteiger partial charge is 0.357 e. The Morgan fingerprint density at radius 3 is 3.17 bits per heavy atom. The highest BCUT2D eigenvalue weighted by Gasteiger charge is 2.28. The van der Waals surface area contributed by atoms with Crippen molar-refractivity contribution in [1.29, 1.82) is 0 Å². The number of H-pyrrole nitrogens is 1. The van der Waals surface area contributed by atoms with Crippen LogP contribution in [-0.4, -0.2) is 43.4 Å². The van der Waals surface area contributed by atoms with Gasteiger partial charge >= 0.3 is 0 Å². The minimum Gasteiger partial charge on any atom is -0.357 e. The Balaban J connectivity index is 1.50. The van der Waals surface area contributed by atoms with Gasteiger partial charge in [0.05, 0.1) is 17.7 Å². The van der Waals surface area contributed by atoms with Crippen molar-refractivity contribution < 1.29 is 4.79 Å². The summed E-state index contributed by atoms with van der Waals surface area (Å²) in [6.45, 7) is 2.26. The third-order valence-electron chi connectivity index (χ3n) is 4.47. The number of rotatable bonds is 4. The molecule has 6 nitrogen and oxygen atoms in total. The molecule has 1 atom stereocenters. The molecule has 1 N–H and O–H groups in total. The van der Waals surface area contributed by atoms with E-state index in [1.165, 1.54) is 0 Å². The molecule has 0 spiro atoms. The molecule has 1 aliphatic rings. The van der Waals surface area contributed by atoms with E-state index in [4.69, 9.17) is 0 Å². The van der Waals surface area contributed by atoms with Gasteiger partial charge in [0, 0.05) is 43.0 Å². The van der Waals surface area contributed by atoms with Gasteiger partial charge in [-0.25, -0.2) is 9.97 Å². The SMILES string of the molecule is O=C(c1ccc[nH]1)N1CCCC(c2nccn2Cc2cscn2)C1. The second-order valence-corrected chi connectivity index (χ2v) is 6.79. The van der Waals surface area contributed by atoms with Gasteiger partial charge in [-0.3, -0.25) is 4.79 Å². The zero-order valence-corrected chi connectivity index (χ0v) is 14.1. The van der Waals surface area contributed by atoms with Crippen LogP contribution in [-0.2, 0) is 6.54 Å². The van der Waals surface area contributed by atoms with Crippen molar-refractivity contribution in [2.75, 3.05) is 13.1 Å². The standard InChI is InChI=1S/C17H19N5OS/c23-17(15-4-1-5-18-15)22-7-2-3-13(9-22)16-19-6-8-21(16)10-14-11-24-12-20-14/h1,4-6,8,11-13,18H,2-3,7,9-10H2. The molecule has 1 fully saturated rings. The summed E-state index contributed by atoms with van der Waals surface area (Å²) < 4.78 is 2.16. The van der Waals surface area contributed by atoms with Crippen LogP contribution in [0, 0.1) is 0 Å². The number of carbonyl (C=O) groups excluding carboxylic acids is 1. The third kappa shape index (κ3) is 2.99. The number of nitrogens with one attached hydrogen (secondary N) is 1. The number of hydrogen-bond donors (Lipinski definition) is 1. The lowest BCUT2D eigenvalue weighted by atomic mass is 9.96. The molecule has 0 radical (unpaired) electrons. The number of nitrogens with zero attached hydrogens (tertiary/aromatic N) is 4. The molecule has 7 heteroatoms. The van der Waals surface area contributed by atoms with Crippen molar-refractivity contribution in [1.82, 2.24) is 24.4 Å². The van der Waals surface area contributed by atoms with E-state index in [9.17, 15) is 4.79 Å². The number of aromatic nitrogens is 4. The van der Waals surface area contributed by atoms with Crippen molar-refractivity contribution in [2.24, 2.45) is 0 Å². The predicted octanol–water partition coefficient (Wildman–Crippen LogP) is 2.74. The fourth-order valence-corrected chi connectivity index (χ4v) is 3.86. The van der Waals surface area contributed by atoms with Crippen molar-refractivity contribution in [3.63, 3.8) is 0 Å². The average Bonchev–Trinajstić information content (AvgIpc) is 3.37. The van der Waals surface area contributed by atoms with Gasteiger partial charge in [0.2, 0.25) is 0 Å². The van der Waals surface area contributed by atoms with E-state index in [0.717, 1.165) is 37.4 Å². The molecule has 1 saturated heterocycles. The zero-order valence-electron chi connectivity index (χ0n) is 13.3. The molecule has 3 aromatic heterocycles. The van der Waals surface area contributed by atoms with Crippen molar-refractivity contribution in [2.45, 2.75) is 25.3 Å². The second kappa shape index (κ2) is 6.60. The number of thiazole rings is 1. The van der Waals surface area contributed by atoms with Crippen LogP contribution in [0.2, 0.25) is 0 Å². The Bertz CT molecular complexity index is 793. The fourth-order valence-electron chi connectivity index (χ4n) is 3.31. The number of amides is 1. The number of piperidine rings is 1. The van der Waals surface area contributed by atoms with Gasteiger partial charge in [-0.05, 0) is 25.0 Å². The van der Waals surface area contributed by atoms with E-state index in [2.05, 4.69) is 24.9 Å². The van der Waals surface area contributed by atoms with Gasteiger partial charge in [-0.2, -0.15) is 0 Å². The summed E-state index contributed by atoms with van der Waals surface area (Å²) in [5.41, 5.74) is 3.55. The maximum absolute atomic E-state index is 12.6. The van der Waals surface area contributed by atoms with Crippen molar-refractivity contribution in [3.05, 3.63) is 58.8 Å².